The molecule has 4 rings (SSSR count). The molecule has 1 aromatic heterocycles. The lowest BCUT2D eigenvalue weighted by Crippen LogP contribution is -2.47. The van der Waals surface area contributed by atoms with E-state index in [-0.39, 0.29) is 23.8 Å². The Balaban J connectivity index is 1.60. The zero-order chi connectivity index (χ0) is 17.6. The van der Waals surface area contributed by atoms with Gasteiger partial charge in [-0.15, -0.1) is 0 Å². The molecule has 0 saturated carbocycles. The van der Waals surface area contributed by atoms with E-state index in [0.717, 1.165) is 12.0 Å². The van der Waals surface area contributed by atoms with Crippen molar-refractivity contribution in [1.29, 1.82) is 0 Å². The molecular weight excluding hydrogens is 318 g/mol. The number of likely N-dealkylation sites (tertiary alicyclic amines) is 2. The van der Waals surface area contributed by atoms with E-state index < -0.39 is 0 Å². The number of hydrogen-bond acceptors (Lipinski definition) is 4. The van der Waals surface area contributed by atoms with Crippen molar-refractivity contribution < 1.29 is 9.59 Å². The van der Waals surface area contributed by atoms with E-state index in [1.807, 2.05) is 47.2 Å². The van der Waals surface area contributed by atoms with E-state index in [2.05, 4.69) is 10.2 Å². The molecule has 0 aliphatic carbocycles. The third kappa shape index (κ3) is 2.56. The van der Waals surface area contributed by atoms with Crippen molar-refractivity contribution in [2.24, 2.45) is 5.92 Å². The van der Waals surface area contributed by atoms with Crippen molar-refractivity contribution in [2.45, 2.75) is 18.9 Å². The quantitative estimate of drug-likeness (QED) is 0.863. The van der Waals surface area contributed by atoms with Crippen LogP contribution < -0.4 is 5.73 Å². The largest absolute Gasteiger partial charge is 0.382 e. The second-order valence-electron chi connectivity index (χ2n) is 6.80. The van der Waals surface area contributed by atoms with Gasteiger partial charge in [-0.1, -0.05) is 30.3 Å². The van der Waals surface area contributed by atoms with Gasteiger partial charge < -0.3 is 15.5 Å². The molecule has 7 nitrogen and oxygen atoms in total. The van der Waals surface area contributed by atoms with Crippen molar-refractivity contribution >= 4 is 17.6 Å². The van der Waals surface area contributed by atoms with E-state index in [9.17, 15) is 9.59 Å². The minimum absolute atomic E-state index is 0.108. The second-order valence-corrected chi connectivity index (χ2v) is 6.80. The van der Waals surface area contributed by atoms with Crippen LogP contribution in [0.3, 0.4) is 0 Å². The number of rotatable bonds is 2. The molecule has 2 fully saturated rings. The first kappa shape index (κ1) is 15.7. The Bertz CT molecular complexity index is 816. The summed E-state index contributed by atoms with van der Waals surface area (Å²) < 4.78 is 0. The average molecular weight is 339 g/mol. The van der Waals surface area contributed by atoms with Crippen LogP contribution in [0, 0.1) is 5.92 Å². The van der Waals surface area contributed by atoms with E-state index >= 15 is 0 Å². The van der Waals surface area contributed by atoms with Gasteiger partial charge in [0.15, 0.2) is 5.82 Å². The fourth-order valence-electron chi connectivity index (χ4n) is 4.03. The predicted octanol–water partition coefficient (Wildman–Crippen LogP) is 1.35. The van der Waals surface area contributed by atoms with E-state index in [1.54, 1.807) is 0 Å². The van der Waals surface area contributed by atoms with Crippen molar-refractivity contribution in [2.75, 3.05) is 25.9 Å². The molecule has 1 aromatic carbocycles. The molecule has 2 aliphatic rings. The fraction of sp³-hybridized carbons (Fsp3) is 0.389. The highest BCUT2D eigenvalue weighted by Gasteiger charge is 2.42. The number of piperidine rings is 1. The normalized spacial score (nSPS) is 23.0. The highest BCUT2D eigenvalue weighted by molar-refractivity contribution is 6.01. The van der Waals surface area contributed by atoms with Gasteiger partial charge in [0.05, 0.1) is 5.56 Å². The summed E-state index contributed by atoms with van der Waals surface area (Å²) in [6.45, 7) is 1.22. The van der Waals surface area contributed by atoms with Crippen LogP contribution in [-0.2, 0) is 4.79 Å². The Morgan fingerprint density at radius 1 is 1.32 bits per heavy atom. The number of fused-ring (bicyclic) bond motifs is 1. The van der Waals surface area contributed by atoms with Gasteiger partial charge in [-0.25, -0.2) is 0 Å². The predicted molar refractivity (Wildman–Crippen MR) is 93.6 cm³/mol. The van der Waals surface area contributed by atoms with Crippen molar-refractivity contribution in [3.63, 3.8) is 0 Å². The number of carbonyl (C=O) groups excluding carboxylic acids is 2. The average Bonchev–Trinajstić information content (AvgIpc) is 3.15. The zero-order valence-corrected chi connectivity index (χ0v) is 14.1. The van der Waals surface area contributed by atoms with Crippen molar-refractivity contribution in [3.05, 3.63) is 36.0 Å². The Morgan fingerprint density at radius 3 is 2.84 bits per heavy atom. The number of nitrogens with one attached hydrogen (secondary N) is 1. The van der Waals surface area contributed by atoms with Crippen LogP contribution in [0.15, 0.2) is 30.3 Å². The van der Waals surface area contributed by atoms with Gasteiger partial charge >= 0.3 is 0 Å². The van der Waals surface area contributed by atoms with Gasteiger partial charge in [0.1, 0.15) is 5.69 Å². The maximum atomic E-state index is 13.1. The highest BCUT2D eigenvalue weighted by Crippen LogP contribution is 2.33. The van der Waals surface area contributed by atoms with E-state index in [4.69, 9.17) is 5.73 Å². The van der Waals surface area contributed by atoms with Gasteiger partial charge in [-0.05, 0) is 12.0 Å². The van der Waals surface area contributed by atoms with Gasteiger partial charge in [0.2, 0.25) is 5.91 Å². The number of nitrogens with two attached hydrogens (primary N) is 1. The number of benzene rings is 1. The van der Waals surface area contributed by atoms with Gasteiger partial charge in [-0.2, -0.15) is 5.10 Å². The first-order valence-electron chi connectivity index (χ1n) is 8.50. The molecule has 2 amide bonds. The summed E-state index contributed by atoms with van der Waals surface area (Å²) >= 11 is 0. The molecular formula is C18H21N5O2. The number of aromatic nitrogens is 2. The van der Waals surface area contributed by atoms with Gasteiger partial charge in [0, 0.05) is 38.5 Å². The Kier molecular flexibility index (Phi) is 3.71. The van der Waals surface area contributed by atoms with Crippen LogP contribution >= 0.6 is 0 Å². The lowest BCUT2D eigenvalue weighted by molar-refractivity contribution is -0.127. The minimum Gasteiger partial charge on any atom is -0.382 e. The molecule has 2 aliphatic heterocycles. The molecule has 2 atom stereocenters. The van der Waals surface area contributed by atoms with E-state index in [1.165, 1.54) is 0 Å². The lowest BCUT2D eigenvalue weighted by Gasteiger charge is -2.36. The number of nitrogen functional groups attached to an aromatic ring is 1. The number of aromatic amines is 1. The maximum absolute atomic E-state index is 13.1. The van der Waals surface area contributed by atoms with Crippen molar-refractivity contribution in [1.82, 2.24) is 20.0 Å². The highest BCUT2D eigenvalue weighted by atomic mass is 16.2. The van der Waals surface area contributed by atoms with Gasteiger partial charge in [-0.3, -0.25) is 14.7 Å². The smallest absolute Gasteiger partial charge is 0.272 e. The van der Waals surface area contributed by atoms with Crippen molar-refractivity contribution in [3.8, 4) is 11.1 Å². The molecule has 2 saturated heterocycles. The Labute approximate surface area is 145 Å². The standard InChI is InChI=1S/C18H21N5O2/c1-22-13-7-8-23(10-12(13)9-14(22)24)18(25)16-15(17(19)21-20-16)11-5-3-2-4-6-11/h2-6,12-13H,7-10H2,1H3,(H3,19,20,21)/t12-,13+/m1/s1. The molecule has 0 spiro atoms. The third-order valence-electron chi connectivity index (χ3n) is 5.38. The zero-order valence-electron chi connectivity index (χ0n) is 14.1. The number of carbonyl (C=O) groups is 2. The number of nitrogens with zero attached hydrogens (tertiary/aromatic N) is 3. The molecule has 0 bridgehead atoms. The molecule has 7 heteroatoms. The van der Waals surface area contributed by atoms with Crippen LogP contribution in [0.2, 0.25) is 0 Å². The monoisotopic (exact) mass is 339 g/mol. The summed E-state index contributed by atoms with van der Waals surface area (Å²) in [5.41, 5.74) is 7.92. The summed E-state index contributed by atoms with van der Waals surface area (Å²) in [5.74, 6) is 0.583. The molecule has 0 unspecified atom stereocenters. The molecule has 3 heterocycles. The lowest BCUT2D eigenvalue weighted by atomic mass is 9.92. The topological polar surface area (TPSA) is 95.3 Å². The Hall–Kier alpha value is -2.83. The number of amides is 2. The number of hydrogen-bond donors (Lipinski definition) is 2. The van der Waals surface area contributed by atoms with Crippen LogP contribution in [0.5, 0.6) is 0 Å². The minimum atomic E-state index is -0.108. The van der Waals surface area contributed by atoms with Gasteiger partial charge in [0.25, 0.3) is 5.91 Å². The first-order valence-corrected chi connectivity index (χ1v) is 8.50. The summed E-state index contributed by atoms with van der Waals surface area (Å²) in [7, 11) is 1.85. The summed E-state index contributed by atoms with van der Waals surface area (Å²) in [4.78, 5) is 28.6. The third-order valence-corrected chi connectivity index (χ3v) is 5.38. The molecule has 3 N–H and O–H groups in total. The summed E-state index contributed by atoms with van der Waals surface area (Å²) in [6, 6.07) is 9.80. The molecule has 25 heavy (non-hydrogen) atoms. The molecule has 0 radical (unpaired) electrons. The number of H-pyrrole nitrogens is 1. The van der Waals surface area contributed by atoms with Crippen LogP contribution in [0.1, 0.15) is 23.3 Å². The molecule has 2 aromatic rings. The van der Waals surface area contributed by atoms with Crippen LogP contribution in [0.4, 0.5) is 5.82 Å². The maximum Gasteiger partial charge on any atom is 0.272 e. The second kappa shape index (κ2) is 5.91. The number of anilines is 1. The Morgan fingerprint density at radius 2 is 2.08 bits per heavy atom. The van der Waals surface area contributed by atoms with Crippen LogP contribution in [-0.4, -0.2) is 58.0 Å². The van der Waals surface area contributed by atoms with Crippen LogP contribution in [0.25, 0.3) is 11.1 Å². The first-order chi connectivity index (χ1) is 12.1. The SMILES string of the molecule is CN1C(=O)C[C@@H]2CN(C(=O)c3[nH]nc(N)c3-c3ccccc3)CC[C@@H]21. The summed E-state index contributed by atoms with van der Waals surface area (Å²) in [6.07, 6.45) is 1.32. The fourth-order valence-corrected chi connectivity index (χ4v) is 4.03. The summed E-state index contributed by atoms with van der Waals surface area (Å²) in [5, 5.41) is 6.85. The van der Waals surface area contributed by atoms with E-state index in [0.29, 0.717) is 36.6 Å². The molecule has 130 valence electrons.